The van der Waals surface area contributed by atoms with Crippen molar-refractivity contribution in [2.45, 2.75) is 70.2 Å². The molecule has 3 aliphatic rings. The lowest BCUT2D eigenvalue weighted by Crippen LogP contribution is -2.52. The molecule has 3 heterocycles. The van der Waals surface area contributed by atoms with Gasteiger partial charge in [0, 0.05) is 56.9 Å². The zero-order valence-corrected chi connectivity index (χ0v) is 26.1. The Morgan fingerprint density at radius 2 is 1.74 bits per heavy atom. The molecule has 0 saturated carbocycles. The highest BCUT2D eigenvalue weighted by Gasteiger charge is 2.36. The van der Waals surface area contributed by atoms with E-state index in [2.05, 4.69) is 24.3 Å². The SMILES string of the molecule is CCc1cc(C[C@@H](OC(=O)N2CCC(N3Cc4ccccc4NC3=O)CC2)C(=O)N2CCC(N(C)C)CC2)cc(Cl)c1N. The van der Waals surface area contributed by atoms with E-state index >= 15 is 0 Å². The molecule has 2 aromatic carbocycles. The predicted octanol–water partition coefficient (Wildman–Crippen LogP) is 4.60. The molecule has 0 aromatic heterocycles. The first-order chi connectivity index (χ1) is 20.6. The molecule has 10 nitrogen and oxygen atoms in total. The van der Waals surface area contributed by atoms with Gasteiger partial charge in [-0.05, 0) is 75.0 Å². The molecule has 43 heavy (non-hydrogen) atoms. The summed E-state index contributed by atoms with van der Waals surface area (Å²) >= 11 is 6.43. The van der Waals surface area contributed by atoms with Crippen LogP contribution in [0, 0.1) is 0 Å². The molecule has 2 saturated heterocycles. The van der Waals surface area contributed by atoms with Crippen LogP contribution in [0.5, 0.6) is 0 Å². The third kappa shape index (κ3) is 7.02. The van der Waals surface area contributed by atoms with Gasteiger partial charge in [-0.25, -0.2) is 9.59 Å². The summed E-state index contributed by atoms with van der Waals surface area (Å²) in [7, 11) is 4.12. The number of rotatable bonds is 7. The largest absolute Gasteiger partial charge is 0.436 e. The highest BCUT2D eigenvalue weighted by molar-refractivity contribution is 6.33. The summed E-state index contributed by atoms with van der Waals surface area (Å²) in [5.41, 5.74) is 10.3. The van der Waals surface area contributed by atoms with Crippen molar-refractivity contribution < 1.29 is 19.1 Å². The second-order valence-corrected chi connectivity index (χ2v) is 12.4. The molecule has 1 atom stereocenters. The number of ether oxygens (including phenoxy) is 1. The van der Waals surface area contributed by atoms with E-state index in [-0.39, 0.29) is 24.4 Å². The summed E-state index contributed by atoms with van der Waals surface area (Å²) < 4.78 is 5.99. The molecule has 5 rings (SSSR count). The van der Waals surface area contributed by atoms with Gasteiger partial charge in [-0.3, -0.25) is 4.79 Å². The van der Waals surface area contributed by atoms with Crippen molar-refractivity contribution in [1.29, 1.82) is 0 Å². The molecule has 2 fully saturated rings. The van der Waals surface area contributed by atoms with Gasteiger partial charge in [0.05, 0.1) is 10.7 Å². The Kier molecular flexibility index (Phi) is 9.66. The number of hydrogen-bond donors (Lipinski definition) is 2. The zero-order chi connectivity index (χ0) is 30.7. The number of nitrogens with one attached hydrogen (secondary N) is 1. The number of aryl methyl sites for hydroxylation is 1. The van der Waals surface area contributed by atoms with Crippen molar-refractivity contribution in [2.75, 3.05) is 51.3 Å². The number of anilines is 2. The van der Waals surface area contributed by atoms with Crippen LogP contribution in [-0.4, -0.2) is 96.1 Å². The number of urea groups is 1. The van der Waals surface area contributed by atoms with Gasteiger partial charge in [0.2, 0.25) is 0 Å². The lowest BCUT2D eigenvalue weighted by Gasteiger charge is -2.40. The number of para-hydroxylation sites is 1. The van der Waals surface area contributed by atoms with Crippen molar-refractivity contribution in [3.8, 4) is 0 Å². The van der Waals surface area contributed by atoms with Crippen LogP contribution in [0.1, 0.15) is 49.3 Å². The van der Waals surface area contributed by atoms with Crippen molar-refractivity contribution >= 4 is 41.0 Å². The number of nitrogens with two attached hydrogens (primary N) is 1. The summed E-state index contributed by atoms with van der Waals surface area (Å²) in [6, 6.07) is 11.8. The van der Waals surface area contributed by atoms with Crippen LogP contribution in [0.15, 0.2) is 36.4 Å². The Morgan fingerprint density at radius 1 is 1.07 bits per heavy atom. The van der Waals surface area contributed by atoms with Crippen LogP contribution < -0.4 is 11.1 Å². The van der Waals surface area contributed by atoms with Crippen LogP contribution in [0.25, 0.3) is 0 Å². The lowest BCUT2D eigenvalue weighted by molar-refractivity contribution is -0.142. The Labute approximate surface area is 259 Å². The monoisotopic (exact) mass is 610 g/mol. The van der Waals surface area contributed by atoms with E-state index in [0.717, 1.165) is 35.2 Å². The van der Waals surface area contributed by atoms with Gasteiger partial charge in [-0.2, -0.15) is 0 Å². The van der Waals surface area contributed by atoms with Crippen LogP contribution >= 0.6 is 11.6 Å². The minimum Gasteiger partial charge on any atom is -0.436 e. The number of hydrogen-bond acceptors (Lipinski definition) is 6. The second-order valence-electron chi connectivity index (χ2n) is 12.0. The average molecular weight is 611 g/mol. The Bertz CT molecular complexity index is 1340. The maximum atomic E-state index is 13.8. The predicted molar refractivity (Wildman–Crippen MR) is 168 cm³/mol. The molecule has 2 aromatic rings. The van der Waals surface area contributed by atoms with Gasteiger partial charge in [0.1, 0.15) is 0 Å². The quantitative estimate of drug-likeness (QED) is 0.444. The van der Waals surface area contributed by atoms with E-state index in [4.69, 9.17) is 22.1 Å². The number of carbonyl (C=O) groups excluding carboxylic acids is 3. The molecule has 232 valence electrons. The van der Waals surface area contributed by atoms with E-state index < -0.39 is 12.2 Å². The summed E-state index contributed by atoms with van der Waals surface area (Å²) in [6.45, 7) is 4.66. The Balaban J connectivity index is 1.25. The smallest absolute Gasteiger partial charge is 0.410 e. The molecule has 3 aliphatic heterocycles. The molecule has 0 aliphatic carbocycles. The fraction of sp³-hybridized carbons (Fsp3) is 0.531. The van der Waals surface area contributed by atoms with Crippen molar-refractivity contribution in [3.05, 3.63) is 58.1 Å². The molecule has 0 bridgehead atoms. The minimum atomic E-state index is -0.977. The van der Waals surface area contributed by atoms with Gasteiger partial charge in [-0.15, -0.1) is 0 Å². The summed E-state index contributed by atoms with van der Waals surface area (Å²) in [4.78, 5) is 47.6. The minimum absolute atomic E-state index is 0.0113. The van der Waals surface area contributed by atoms with Crippen LogP contribution in [0.4, 0.5) is 21.0 Å². The van der Waals surface area contributed by atoms with Gasteiger partial charge >= 0.3 is 12.1 Å². The van der Waals surface area contributed by atoms with Crippen LogP contribution in [-0.2, 0) is 28.9 Å². The number of amides is 4. The average Bonchev–Trinajstić information content (AvgIpc) is 3.01. The fourth-order valence-electron chi connectivity index (χ4n) is 6.42. The fourth-order valence-corrected chi connectivity index (χ4v) is 6.68. The number of nitrogens with zero attached hydrogens (tertiary/aromatic N) is 4. The Hall–Kier alpha value is -3.50. The number of benzene rings is 2. The zero-order valence-electron chi connectivity index (χ0n) is 25.4. The molecule has 4 amide bonds. The molecule has 3 N–H and O–H groups in total. The third-order valence-corrected chi connectivity index (χ3v) is 9.44. The number of piperidine rings is 2. The summed E-state index contributed by atoms with van der Waals surface area (Å²) in [5.74, 6) is -0.185. The lowest BCUT2D eigenvalue weighted by atomic mass is 9.99. The first kappa shape index (κ1) is 30.9. The maximum absolute atomic E-state index is 13.8. The number of nitrogen functional groups attached to an aromatic ring is 1. The van der Waals surface area contributed by atoms with Crippen LogP contribution in [0.3, 0.4) is 0 Å². The maximum Gasteiger partial charge on any atom is 0.410 e. The summed E-state index contributed by atoms with van der Waals surface area (Å²) in [5, 5.41) is 3.41. The third-order valence-electron chi connectivity index (χ3n) is 9.13. The van der Waals surface area contributed by atoms with Gasteiger partial charge in [0.25, 0.3) is 5.91 Å². The van der Waals surface area contributed by atoms with Crippen LogP contribution in [0.2, 0.25) is 5.02 Å². The molecule has 0 radical (unpaired) electrons. The number of likely N-dealkylation sites (tertiary alicyclic amines) is 2. The number of carbonyl (C=O) groups is 3. The number of halogens is 1. The van der Waals surface area contributed by atoms with E-state index in [1.165, 1.54) is 0 Å². The van der Waals surface area contributed by atoms with Gasteiger partial charge in [0.15, 0.2) is 6.10 Å². The van der Waals surface area contributed by atoms with E-state index in [1.54, 1.807) is 11.0 Å². The summed E-state index contributed by atoms with van der Waals surface area (Å²) in [6.07, 6.45) is 2.44. The Morgan fingerprint density at radius 3 is 2.42 bits per heavy atom. The molecule has 0 spiro atoms. The van der Waals surface area contributed by atoms with E-state index in [0.29, 0.717) is 68.7 Å². The van der Waals surface area contributed by atoms with E-state index in [1.807, 2.05) is 47.1 Å². The second kappa shape index (κ2) is 13.4. The topological polar surface area (TPSA) is 111 Å². The van der Waals surface area contributed by atoms with Crippen molar-refractivity contribution in [1.82, 2.24) is 19.6 Å². The first-order valence-corrected chi connectivity index (χ1v) is 15.7. The standard InChI is InChI=1S/C32H43ClN6O4/c1-4-22-17-21(18-26(33)29(22)34)19-28(30(40)37-13-9-24(10-14-37)36(2)3)43-32(42)38-15-11-25(12-16-38)39-20-23-7-5-6-8-27(23)35-31(39)41/h5-8,17-18,24-25,28H,4,9-16,19-20,34H2,1-3H3,(H,35,41)/t28-/m1/s1. The van der Waals surface area contributed by atoms with Gasteiger partial charge < -0.3 is 35.4 Å². The normalized spacial score (nSPS) is 18.8. The first-order valence-electron chi connectivity index (χ1n) is 15.3. The van der Waals surface area contributed by atoms with Gasteiger partial charge in [-0.1, -0.05) is 42.8 Å². The van der Waals surface area contributed by atoms with Crippen molar-refractivity contribution in [2.24, 2.45) is 0 Å². The highest BCUT2D eigenvalue weighted by Crippen LogP contribution is 2.29. The van der Waals surface area contributed by atoms with Crippen molar-refractivity contribution in [3.63, 3.8) is 0 Å². The molecular formula is C32H43ClN6O4. The highest BCUT2D eigenvalue weighted by atomic mass is 35.5. The molecule has 11 heteroatoms. The van der Waals surface area contributed by atoms with E-state index in [9.17, 15) is 14.4 Å². The molecule has 0 unspecified atom stereocenters. The number of fused-ring (bicyclic) bond motifs is 1. The molecular weight excluding hydrogens is 568 g/mol.